The number of hydrogen-bond donors (Lipinski definition) is 3. The molecule has 7 nitrogen and oxygen atoms in total. The number of rotatable bonds is 8. The number of ether oxygens (including phenoxy) is 1. The van der Waals surface area contributed by atoms with Crippen LogP contribution < -0.4 is 15.4 Å². The van der Waals surface area contributed by atoms with E-state index in [0.29, 0.717) is 6.54 Å². The molecule has 2 heterocycles. The van der Waals surface area contributed by atoms with Gasteiger partial charge >= 0.3 is 6.03 Å². The number of hydrogen-bond acceptors (Lipinski definition) is 4. The summed E-state index contributed by atoms with van der Waals surface area (Å²) in [6, 6.07) is 14.4. The maximum atomic E-state index is 12.7. The third kappa shape index (κ3) is 6.59. The van der Waals surface area contributed by atoms with Crippen LogP contribution in [-0.4, -0.2) is 73.2 Å². The number of carbonyl (C=O) groups is 1. The lowest BCUT2D eigenvalue weighted by molar-refractivity contribution is 0.155. The maximum absolute atomic E-state index is 12.7. The number of nitrogens with one attached hydrogen (secondary N) is 3. The number of H-pyrrole nitrogens is 1. The second-order valence-corrected chi connectivity index (χ2v) is 10.3. The third-order valence-corrected chi connectivity index (χ3v) is 7.46. The molecule has 0 radical (unpaired) electrons. The van der Waals surface area contributed by atoms with Crippen LogP contribution in [-0.2, 0) is 6.42 Å². The molecular formula is C29H39N5O2. The Morgan fingerprint density at radius 2 is 1.86 bits per heavy atom. The van der Waals surface area contributed by atoms with E-state index in [1.807, 2.05) is 12.1 Å². The number of carbonyl (C=O) groups excluding carboxylic acids is 1. The van der Waals surface area contributed by atoms with E-state index >= 15 is 0 Å². The first-order valence-electron chi connectivity index (χ1n) is 13.4. The van der Waals surface area contributed by atoms with Gasteiger partial charge in [-0.25, -0.2) is 4.79 Å². The quantitative estimate of drug-likeness (QED) is 0.423. The average molecular weight is 490 g/mol. The monoisotopic (exact) mass is 489 g/mol. The summed E-state index contributed by atoms with van der Waals surface area (Å²) in [5.41, 5.74) is 4.28. The van der Waals surface area contributed by atoms with E-state index in [0.717, 1.165) is 74.5 Å². The van der Waals surface area contributed by atoms with Crippen molar-refractivity contribution in [3.63, 3.8) is 0 Å². The standard InChI is InChI=1S/C29H39N5O2/c1-33-13-15-34(16-14-33)12-11-30-29(35)32-24-18-22(17-23-21-31-28-10-6-5-9-27(23)28)19-26(20-24)36-25-7-3-2-4-8-25/h5-6,9-10,18-21,25,31H,2-4,7-8,11-17H2,1H3,(H2,30,32,35). The summed E-state index contributed by atoms with van der Waals surface area (Å²) < 4.78 is 6.40. The first-order valence-corrected chi connectivity index (χ1v) is 13.4. The van der Waals surface area contributed by atoms with Gasteiger partial charge in [-0.15, -0.1) is 0 Å². The van der Waals surface area contributed by atoms with Crippen molar-refractivity contribution in [2.24, 2.45) is 0 Å². The van der Waals surface area contributed by atoms with Gasteiger partial charge in [0.25, 0.3) is 0 Å². The van der Waals surface area contributed by atoms with Crippen molar-refractivity contribution in [2.75, 3.05) is 51.6 Å². The fourth-order valence-electron chi connectivity index (χ4n) is 5.35. The van der Waals surface area contributed by atoms with E-state index in [-0.39, 0.29) is 12.1 Å². The fourth-order valence-corrected chi connectivity index (χ4v) is 5.35. The van der Waals surface area contributed by atoms with Gasteiger partial charge < -0.3 is 25.3 Å². The summed E-state index contributed by atoms with van der Waals surface area (Å²) in [4.78, 5) is 20.8. The molecule has 2 aromatic carbocycles. The van der Waals surface area contributed by atoms with Crippen LogP contribution in [0.4, 0.5) is 10.5 Å². The maximum Gasteiger partial charge on any atom is 0.319 e. The van der Waals surface area contributed by atoms with E-state index in [1.165, 1.54) is 30.2 Å². The molecule has 0 bridgehead atoms. The minimum Gasteiger partial charge on any atom is -0.490 e. The zero-order chi connectivity index (χ0) is 24.7. The number of likely N-dealkylation sites (N-methyl/N-ethyl adjacent to an activating group) is 1. The molecule has 192 valence electrons. The van der Waals surface area contributed by atoms with E-state index in [2.05, 4.69) is 69.0 Å². The minimum absolute atomic E-state index is 0.169. The summed E-state index contributed by atoms with van der Waals surface area (Å²) in [6.07, 6.45) is 9.04. The fraction of sp³-hybridized carbons (Fsp3) is 0.483. The van der Waals surface area contributed by atoms with Crippen LogP contribution in [0.2, 0.25) is 0 Å². The van der Waals surface area contributed by atoms with Crippen molar-refractivity contribution in [1.29, 1.82) is 0 Å². The zero-order valence-corrected chi connectivity index (χ0v) is 21.4. The minimum atomic E-state index is -0.169. The number of aromatic amines is 1. The molecule has 3 N–H and O–H groups in total. The molecule has 1 saturated carbocycles. The molecule has 1 aliphatic heterocycles. The first kappa shape index (κ1) is 24.7. The zero-order valence-electron chi connectivity index (χ0n) is 21.4. The van der Waals surface area contributed by atoms with Gasteiger partial charge in [0, 0.05) is 68.1 Å². The van der Waals surface area contributed by atoms with Crippen molar-refractivity contribution in [3.8, 4) is 5.75 Å². The van der Waals surface area contributed by atoms with Gasteiger partial charge in [0.1, 0.15) is 5.75 Å². The van der Waals surface area contributed by atoms with Crippen molar-refractivity contribution >= 4 is 22.6 Å². The Hall–Kier alpha value is -3.03. The molecule has 36 heavy (non-hydrogen) atoms. The highest BCUT2D eigenvalue weighted by Crippen LogP contribution is 2.29. The SMILES string of the molecule is CN1CCN(CCNC(=O)Nc2cc(Cc3c[nH]c4ccccc34)cc(OC3CCCCC3)c2)CC1. The molecule has 7 heteroatoms. The molecule has 0 spiro atoms. The molecular weight excluding hydrogens is 450 g/mol. The van der Waals surface area contributed by atoms with Gasteiger partial charge in [-0.2, -0.15) is 0 Å². The van der Waals surface area contributed by atoms with Gasteiger partial charge in [0.05, 0.1) is 6.10 Å². The van der Waals surface area contributed by atoms with E-state index in [9.17, 15) is 4.79 Å². The van der Waals surface area contributed by atoms with Crippen LogP contribution in [0, 0.1) is 0 Å². The van der Waals surface area contributed by atoms with Crippen molar-refractivity contribution < 1.29 is 9.53 Å². The molecule has 2 aliphatic rings. The van der Waals surface area contributed by atoms with Crippen LogP contribution in [0.5, 0.6) is 5.75 Å². The predicted molar refractivity (Wildman–Crippen MR) is 146 cm³/mol. The van der Waals surface area contributed by atoms with Gasteiger partial charge in [-0.05, 0) is 68.5 Å². The van der Waals surface area contributed by atoms with E-state index < -0.39 is 0 Å². The number of urea groups is 1. The molecule has 0 atom stereocenters. The second kappa shape index (κ2) is 11.8. The Kier molecular flexibility index (Phi) is 8.08. The number of nitrogens with zero attached hydrogens (tertiary/aromatic N) is 2. The van der Waals surface area contributed by atoms with Gasteiger partial charge in [0.2, 0.25) is 0 Å². The Balaban J connectivity index is 1.25. The normalized spacial score (nSPS) is 17.8. The highest BCUT2D eigenvalue weighted by atomic mass is 16.5. The van der Waals surface area contributed by atoms with Crippen LogP contribution in [0.1, 0.15) is 43.2 Å². The lowest BCUT2D eigenvalue weighted by Crippen LogP contribution is -2.47. The first-order chi connectivity index (χ1) is 17.6. The highest BCUT2D eigenvalue weighted by Gasteiger charge is 2.17. The lowest BCUT2D eigenvalue weighted by Gasteiger charge is -2.32. The summed E-state index contributed by atoms with van der Waals surface area (Å²) in [5.74, 6) is 0.840. The largest absolute Gasteiger partial charge is 0.490 e. The number of aromatic nitrogens is 1. The number of para-hydroxylation sites is 1. The molecule has 3 aromatic rings. The number of anilines is 1. The number of benzene rings is 2. The third-order valence-electron chi connectivity index (χ3n) is 7.46. The Bertz CT molecular complexity index is 1150. The Labute approximate surface area is 214 Å². The summed E-state index contributed by atoms with van der Waals surface area (Å²) in [5, 5.41) is 7.31. The molecule has 2 amide bonds. The molecule has 2 fully saturated rings. The number of fused-ring (bicyclic) bond motifs is 1. The molecule has 1 aromatic heterocycles. The van der Waals surface area contributed by atoms with Gasteiger partial charge in [-0.3, -0.25) is 4.90 Å². The second-order valence-electron chi connectivity index (χ2n) is 10.3. The Morgan fingerprint density at radius 3 is 2.69 bits per heavy atom. The van der Waals surface area contributed by atoms with E-state index in [4.69, 9.17) is 4.74 Å². The van der Waals surface area contributed by atoms with Crippen LogP contribution >= 0.6 is 0 Å². The average Bonchev–Trinajstić information content (AvgIpc) is 3.28. The van der Waals surface area contributed by atoms with Gasteiger partial charge in [-0.1, -0.05) is 24.6 Å². The predicted octanol–water partition coefficient (Wildman–Crippen LogP) is 4.84. The summed E-state index contributed by atoms with van der Waals surface area (Å²) in [6.45, 7) is 5.78. The van der Waals surface area contributed by atoms with Crippen molar-refractivity contribution in [1.82, 2.24) is 20.1 Å². The Morgan fingerprint density at radius 1 is 1.06 bits per heavy atom. The van der Waals surface area contributed by atoms with Crippen molar-refractivity contribution in [2.45, 2.75) is 44.6 Å². The van der Waals surface area contributed by atoms with E-state index in [1.54, 1.807) is 0 Å². The van der Waals surface area contributed by atoms with Crippen LogP contribution in [0.3, 0.4) is 0 Å². The molecule has 5 rings (SSSR count). The number of amides is 2. The van der Waals surface area contributed by atoms with Gasteiger partial charge in [0.15, 0.2) is 0 Å². The summed E-state index contributed by atoms with van der Waals surface area (Å²) in [7, 11) is 2.15. The summed E-state index contributed by atoms with van der Waals surface area (Å²) >= 11 is 0. The number of piperazine rings is 1. The molecule has 0 unspecified atom stereocenters. The molecule has 1 aliphatic carbocycles. The topological polar surface area (TPSA) is 72.6 Å². The van der Waals surface area contributed by atoms with Crippen LogP contribution in [0.25, 0.3) is 10.9 Å². The molecule has 1 saturated heterocycles. The highest BCUT2D eigenvalue weighted by molar-refractivity contribution is 5.89. The smallest absolute Gasteiger partial charge is 0.319 e. The van der Waals surface area contributed by atoms with Crippen molar-refractivity contribution in [3.05, 3.63) is 59.8 Å². The van der Waals surface area contributed by atoms with Crippen LogP contribution in [0.15, 0.2) is 48.7 Å². The lowest BCUT2D eigenvalue weighted by atomic mass is 9.97.